The fourth-order valence-electron chi connectivity index (χ4n) is 3.61. The number of ether oxygens (including phenoxy) is 1. The van der Waals surface area contributed by atoms with Crippen LogP contribution in [0, 0.1) is 6.92 Å². The number of hydrogen-bond acceptors (Lipinski definition) is 5. The van der Waals surface area contributed by atoms with Crippen LogP contribution in [-0.4, -0.2) is 21.6 Å². The van der Waals surface area contributed by atoms with E-state index in [0.717, 1.165) is 27.4 Å². The van der Waals surface area contributed by atoms with Crippen LogP contribution in [0.15, 0.2) is 48.8 Å². The molecule has 29 heavy (non-hydrogen) atoms. The summed E-state index contributed by atoms with van der Waals surface area (Å²) in [5.41, 5.74) is 6.63. The van der Waals surface area contributed by atoms with Gasteiger partial charge in [0.1, 0.15) is 5.01 Å². The minimum Gasteiger partial charge on any atom is -0.415 e. The monoisotopic (exact) mass is 407 g/mol. The van der Waals surface area contributed by atoms with Crippen LogP contribution >= 0.6 is 11.3 Å². The van der Waals surface area contributed by atoms with Gasteiger partial charge in [0, 0.05) is 11.8 Å². The van der Waals surface area contributed by atoms with E-state index >= 15 is 0 Å². The first-order valence-electron chi connectivity index (χ1n) is 9.06. The van der Waals surface area contributed by atoms with Crippen LogP contribution in [0.4, 0.5) is 8.78 Å². The third-order valence-corrected chi connectivity index (χ3v) is 5.88. The molecule has 0 radical (unpaired) electrons. The zero-order valence-electron chi connectivity index (χ0n) is 15.4. The zero-order valence-corrected chi connectivity index (χ0v) is 16.2. The Morgan fingerprint density at radius 3 is 2.86 bits per heavy atom. The highest BCUT2D eigenvalue weighted by Gasteiger charge is 2.17. The van der Waals surface area contributed by atoms with Gasteiger partial charge in [-0.15, -0.1) is 11.3 Å². The van der Waals surface area contributed by atoms with Gasteiger partial charge in [0.15, 0.2) is 0 Å². The van der Waals surface area contributed by atoms with E-state index in [1.54, 1.807) is 17.4 Å². The molecule has 144 valence electrons. The van der Waals surface area contributed by atoms with Gasteiger partial charge in [-0.05, 0) is 47.7 Å². The largest absolute Gasteiger partial charge is 0.415 e. The summed E-state index contributed by atoms with van der Waals surface area (Å²) < 4.78 is 29.4. The lowest BCUT2D eigenvalue weighted by molar-refractivity contribution is -0.0528. The van der Waals surface area contributed by atoms with Crippen molar-refractivity contribution in [3.05, 3.63) is 65.5 Å². The van der Waals surface area contributed by atoms with Gasteiger partial charge in [-0.2, -0.15) is 8.78 Å². The van der Waals surface area contributed by atoms with Crippen molar-refractivity contribution >= 4 is 28.4 Å². The molecule has 0 saturated carbocycles. The number of allylic oxidation sites excluding steroid dienone is 1. The Balaban J connectivity index is 1.59. The van der Waals surface area contributed by atoms with Gasteiger partial charge in [0.05, 0.1) is 22.1 Å². The average Bonchev–Trinajstić information content (AvgIpc) is 3.36. The fraction of sp³-hybridized carbons (Fsp3) is 0.136. The minimum absolute atomic E-state index is 0.198. The number of alkyl halides is 2. The van der Waals surface area contributed by atoms with Crippen molar-refractivity contribution < 1.29 is 13.5 Å². The molecule has 0 aliphatic heterocycles. The highest BCUT2D eigenvalue weighted by Crippen LogP contribution is 2.38. The number of nitrogens with zero attached hydrogens (tertiary/aromatic N) is 3. The van der Waals surface area contributed by atoms with Crippen LogP contribution in [-0.2, 0) is 6.42 Å². The number of aryl methyl sites for hydroxylation is 1. The van der Waals surface area contributed by atoms with E-state index < -0.39 is 6.61 Å². The van der Waals surface area contributed by atoms with E-state index in [9.17, 15) is 8.78 Å². The summed E-state index contributed by atoms with van der Waals surface area (Å²) in [6.07, 6.45) is 8.33. The molecular weight excluding hydrogens is 392 g/mol. The second-order valence-corrected chi connectivity index (χ2v) is 7.81. The number of rotatable bonds is 4. The summed E-state index contributed by atoms with van der Waals surface area (Å²) in [6.45, 7) is -1.01. The quantitative estimate of drug-likeness (QED) is 0.423. The molecular formula is C22H15F2N3OS. The lowest BCUT2D eigenvalue weighted by Gasteiger charge is -2.08. The second kappa shape index (κ2) is 7.00. The Kier molecular flexibility index (Phi) is 4.32. The molecule has 1 aliphatic carbocycles. The van der Waals surface area contributed by atoms with Gasteiger partial charge in [-0.25, -0.2) is 15.0 Å². The van der Waals surface area contributed by atoms with Gasteiger partial charge in [0.2, 0.25) is 5.88 Å². The van der Waals surface area contributed by atoms with Gasteiger partial charge in [-0.3, -0.25) is 0 Å². The highest BCUT2D eigenvalue weighted by molar-refractivity contribution is 7.18. The summed E-state index contributed by atoms with van der Waals surface area (Å²) in [6, 6.07) is 10.1. The van der Waals surface area contributed by atoms with E-state index in [-0.39, 0.29) is 5.88 Å². The van der Waals surface area contributed by atoms with Crippen LogP contribution in [0.1, 0.15) is 16.7 Å². The Labute approximate surface area is 169 Å². The van der Waals surface area contributed by atoms with Crippen molar-refractivity contribution in [2.24, 2.45) is 0 Å². The lowest BCUT2D eigenvalue weighted by atomic mass is 10.0. The standard InChI is InChI=1S/C22H15F2N3OS/c1-12-8-16(20-17(9-12)27-19(11-25-20)28-22(23)24)21-26-10-18(29-21)15-7-3-5-13-4-2-6-14(13)15/h2-5,7-11,22H,6H2,1H3. The lowest BCUT2D eigenvalue weighted by Crippen LogP contribution is -2.04. The molecule has 4 aromatic rings. The molecule has 0 atom stereocenters. The molecule has 0 bridgehead atoms. The summed E-state index contributed by atoms with van der Waals surface area (Å²) in [7, 11) is 0. The second-order valence-electron chi connectivity index (χ2n) is 6.78. The summed E-state index contributed by atoms with van der Waals surface area (Å²) in [4.78, 5) is 14.2. The zero-order chi connectivity index (χ0) is 20.0. The molecule has 2 aromatic carbocycles. The maximum absolute atomic E-state index is 12.5. The molecule has 1 aliphatic rings. The molecule has 0 spiro atoms. The van der Waals surface area contributed by atoms with Gasteiger partial charge in [-0.1, -0.05) is 30.4 Å². The maximum Gasteiger partial charge on any atom is 0.388 e. The van der Waals surface area contributed by atoms with Crippen LogP contribution < -0.4 is 4.74 Å². The Morgan fingerprint density at radius 2 is 2.00 bits per heavy atom. The molecule has 0 N–H and O–H groups in total. The van der Waals surface area contributed by atoms with Gasteiger partial charge >= 0.3 is 6.61 Å². The van der Waals surface area contributed by atoms with Gasteiger partial charge < -0.3 is 4.74 Å². The van der Waals surface area contributed by atoms with E-state index in [1.807, 2.05) is 19.2 Å². The summed E-state index contributed by atoms with van der Waals surface area (Å²) >= 11 is 1.59. The van der Waals surface area contributed by atoms with Crippen LogP contribution in [0.3, 0.4) is 0 Å². The smallest absolute Gasteiger partial charge is 0.388 e. The van der Waals surface area contributed by atoms with Crippen molar-refractivity contribution in [3.8, 4) is 26.9 Å². The summed E-state index contributed by atoms with van der Waals surface area (Å²) in [5, 5.41) is 0.814. The molecule has 2 aromatic heterocycles. The number of fused-ring (bicyclic) bond motifs is 2. The number of benzene rings is 2. The Bertz CT molecular complexity index is 1270. The van der Waals surface area contributed by atoms with Crippen molar-refractivity contribution in [2.75, 3.05) is 0 Å². The maximum atomic E-state index is 12.5. The number of aromatic nitrogens is 3. The van der Waals surface area contributed by atoms with Crippen molar-refractivity contribution in [1.29, 1.82) is 0 Å². The summed E-state index contributed by atoms with van der Waals surface area (Å²) in [5.74, 6) is -0.198. The van der Waals surface area contributed by atoms with Crippen molar-refractivity contribution in [1.82, 2.24) is 15.0 Å². The van der Waals surface area contributed by atoms with Gasteiger partial charge in [0.25, 0.3) is 0 Å². The van der Waals surface area contributed by atoms with E-state index in [1.165, 1.54) is 22.9 Å². The molecule has 0 amide bonds. The number of thiazole rings is 1. The van der Waals surface area contributed by atoms with Crippen LogP contribution in [0.25, 0.3) is 38.1 Å². The first-order valence-corrected chi connectivity index (χ1v) is 9.87. The van der Waals surface area contributed by atoms with Crippen molar-refractivity contribution in [2.45, 2.75) is 20.0 Å². The van der Waals surface area contributed by atoms with E-state index in [4.69, 9.17) is 0 Å². The van der Waals surface area contributed by atoms with Crippen molar-refractivity contribution in [3.63, 3.8) is 0 Å². The fourth-order valence-corrected chi connectivity index (χ4v) is 4.59. The Morgan fingerprint density at radius 1 is 1.10 bits per heavy atom. The third-order valence-electron chi connectivity index (χ3n) is 4.81. The minimum atomic E-state index is -2.94. The number of hydrogen-bond donors (Lipinski definition) is 0. The third kappa shape index (κ3) is 3.27. The normalized spacial score (nSPS) is 12.7. The first-order chi connectivity index (χ1) is 14.1. The number of halogens is 2. The molecule has 4 nitrogen and oxygen atoms in total. The molecule has 0 fully saturated rings. The SMILES string of the molecule is Cc1cc(-c2ncc(-c3cccc4c3CC=C4)s2)c2ncc(OC(F)F)nc2c1. The topological polar surface area (TPSA) is 47.9 Å². The highest BCUT2D eigenvalue weighted by atomic mass is 32.1. The average molecular weight is 407 g/mol. The Hall–Kier alpha value is -3.19. The van der Waals surface area contributed by atoms with E-state index in [0.29, 0.717) is 11.0 Å². The van der Waals surface area contributed by atoms with Crippen LogP contribution in [0.5, 0.6) is 5.88 Å². The van der Waals surface area contributed by atoms with Crippen LogP contribution in [0.2, 0.25) is 0 Å². The van der Waals surface area contributed by atoms with E-state index in [2.05, 4.69) is 50.0 Å². The molecule has 0 saturated heterocycles. The molecule has 5 rings (SSSR count). The predicted octanol–water partition coefficient (Wildman–Crippen LogP) is 5.90. The molecule has 7 heteroatoms. The predicted molar refractivity (Wildman–Crippen MR) is 110 cm³/mol. The molecule has 0 unspecified atom stereocenters. The molecule has 2 heterocycles. The first kappa shape index (κ1) is 17.9.